The number of nitrogens with one attached hydrogen (secondary N) is 1. The predicted molar refractivity (Wildman–Crippen MR) is 93.2 cm³/mol. The topological polar surface area (TPSA) is 58.6 Å². The quantitative estimate of drug-likeness (QED) is 0.787. The smallest absolute Gasteiger partial charge is 0.260 e. The van der Waals surface area contributed by atoms with E-state index in [-0.39, 0.29) is 12.5 Å². The van der Waals surface area contributed by atoms with Crippen molar-refractivity contribution >= 4 is 21.8 Å². The molecule has 6 heteroatoms. The molecule has 0 bridgehead atoms. The minimum absolute atomic E-state index is 0.0497. The van der Waals surface area contributed by atoms with Crippen molar-refractivity contribution in [1.29, 1.82) is 0 Å². The zero-order valence-corrected chi connectivity index (χ0v) is 15.0. The molecule has 0 aliphatic rings. The van der Waals surface area contributed by atoms with Crippen molar-refractivity contribution in [2.75, 3.05) is 6.54 Å². The Hall–Kier alpha value is -1.92. The van der Waals surface area contributed by atoms with Gasteiger partial charge in [0.25, 0.3) is 5.91 Å². The van der Waals surface area contributed by atoms with Gasteiger partial charge in [-0.3, -0.25) is 4.79 Å². The largest absolute Gasteiger partial charge is 0.480 e. The first-order chi connectivity index (χ1) is 11.3. The van der Waals surface area contributed by atoms with Crippen LogP contribution < -0.4 is 10.1 Å². The maximum atomic E-state index is 13.1. The molecule has 1 amide bonds. The van der Waals surface area contributed by atoms with Gasteiger partial charge in [0, 0.05) is 0 Å². The summed E-state index contributed by atoms with van der Waals surface area (Å²) in [5, 5.41) is 13.1. The molecule has 2 N–H and O–H groups in total. The number of ether oxygens (including phenoxy) is 1. The number of hydrogen-bond acceptors (Lipinski definition) is 3. The van der Waals surface area contributed by atoms with Gasteiger partial charge in [-0.1, -0.05) is 30.3 Å². The highest BCUT2D eigenvalue weighted by Crippen LogP contribution is 2.26. The Morgan fingerprint density at radius 3 is 2.62 bits per heavy atom. The SMILES string of the molecule is C[C@@H](Oc1ccc(F)cc1Br)C(=O)NC[C@](C)(O)c1ccccc1. The van der Waals surface area contributed by atoms with Crippen LogP contribution in [0.1, 0.15) is 19.4 Å². The summed E-state index contributed by atoms with van der Waals surface area (Å²) in [4.78, 5) is 12.2. The van der Waals surface area contributed by atoms with Crippen LogP contribution >= 0.6 is 15.9 Å². The highest BCUT2D eigenvalue weighted by atomic mass is 79.9. The average molecular weight is 396 g/mol. The van der Waals surface area contributed by atoms with Gasteiger partial charge in [-0.15, -0.1) is 0 Å². The number of aliphatic hydroxyl groups is 1. The van der Waals surface area contributed by atoms with Gasteiger partial charge >= 0.3 is 0 Å². The molecule has 0 saturated heterocycles. The Morgan fingerprint density at radius 2 is 2.00 bits per heavy atom. The van der Waals surface area contributed by atoms with E-state index in [0.29, 0.717) is 15.8 Å². The van der Waals surface area contributed by atoms with E-state index in [4.69, 9.17) is 4.74 Å². The zero-order valence-electron chi connectivity index (χ0n) is 13.4. The minimum Gasteiger partial charge on any atom is -0.480 e. The summed E-state index contributed by atoms with van der Waals surface area (Å²) >= 11 is 3.19. The van der Waals surface area contributed by atoms with E-state index in [1.807, 2.05) is 18.2 Å². The van der Waals surface area contributed by atoms with Crippen LogP contribution in [0.4, 0.5) is 4.39 Å². The summed E-state index contributed by atoms with van der Waals surface area (Å²) in [5.74, 6) is -0.401. The molecule has 4 nitrogen and oxygen atoms in total. The molecular formula is C18H19BrFNO3. The zero-order chi connectivity index (χ0) is 17.7. The van der Waals surface area contributed by atoms with E-state index >= 15 is 0 Å². The molecule has 128 valence electrons. The second-order valence-electron chi connectivity index (χ2n) is 5.69. The molecule has 0 fully saturated rings. The molecule has 0 aromatic heterocycles. The van der Waals surface area contributed by atoms with Crippen molar-refractivity contribution < 1.29 is 19.0 Å². The number of carbonyl (C=O) groups excluding carboxylic acids is 1. The second kappa shape index (κ2) is 7.77. The third-order valence-electron chi connectivity index (χ3n) is 3.57. The first kappa shape index (κ1) is 18.4. The molecule has 0 aliphatic heterocycles. The van der Waals surface area contributed by atoms with E-state index in [1.54, 1.807) is 26.0 Å². The van der Waals surface area contributed by atoms with Gasteiger partial charge in [0.05, 0.1) is 11.0 Å². The van der Waals surface area contributed by atoms with E-state index in [1.165, 1.54) is 18.2 Å². The average Bonchev–Trinajstić information content (AvgIpc) is 2.56. The molecule has 0 unspecified atom stereocenters. The van der Waals surface area contributed by atoms with E-state index in [2.05, 4.69) is 21.2 Å². The first-order valence-electron chi connectivity index (χ1n) is 7.47. The molecule has 0 spiro atoms. The van der Waals surface area contributed by atoms with Gasteiger partial charge in [-0.05, 0) is 53.5 Å². The van der Waals surface area contributed by atoms with E-state index in [0.717, 1.165) is 0 Å². The van der Waals surface area contributed by atoms with Crippen LogP contribution in [-0.4, -0.2) is 23.7 Å². The van der Waals surface area contributed by atoms with Crippen molar-refractivity contribution in [3.8, 4) is 5.75 Å². The fourth-order valence-corrected chi connectivity index (χ4v) is 2.56. The lowest BCUT2D eigenvalue weighted by Crippen LogP contribution is -2.43. The van der Waals surface area contributed by atoms with Crippen molar-refractivity contribution in [2.24, 2.45) is 0 Å². The molecule has 2 aromatic carbocycles. The number of carbonyl (C=O) groups is 1. The highest BCUT2D eigenvalue weighted by Gasteiger charge is 2.25. The molecule has 2 atom stereocenters. The van der Waals surface area contributed by atoms with Gasteiger partial charge in [0.2, 0.25) is 0 Å². The Balaban J connectivity index is 1.94. The summed E-state index contributed by atoms with van der Waals surface area (Å²) in [6, 6.07) is 13.1. The van der Waals surface area contributed by atoms with Gasteiger partial charge in [0.1, 0.15) is 17.2 Å². The van der Waals surface area contributed by atoms with E-state index < -0.39 is 17.5 Å². The van der Waals surface area contributed by atoms with Crippen LogP contribution in [0.25, 0.3) is 0 Å². The third-order valence-corrected chi connectivity index (χ3v) is 4.19. The summed E-state index contributed by atoms with van der Waals surface area (Å²) in [6.45, 7) is 3.27. The Kier molecular flexibility index (Phi) is 5.96. The molecule has 0 heterocycles. The maximum absolute atomic E-state index is 13.1. The van der Waals surface area contributed by atoms with Crippen LogP contribution in [0, 0.1) is 5.82 Å². The minimum atomic E-state index is -1.19. The molecule has 2 rings (SSSR count). The third kappa shape index (κ3) is 4.79. The monoisotopic (exact) mass is 395 g/mol. The number of hydrogen-bond donors (Lipinski definition) is 2. The van der Waals surface area contributed by atoms with Crippen molar-refractivity contribution in [3.63, 3.8) is 0 Å². The van der Waals surface area contributed by atoms with Crippen LogP contribution in [0.5, 0.6) is 5.75 Å². The summed E-state index contributed by atoms with van der Waals surface area (Å²) in [6.07, 6.45) is -0.793. The predicted octanol–water partition coefficient (Wildman–Crippen LogP) is 3.38. The van der Waals surface area contributed by atoms with Crippen molar-refractivity contribution in [2.45, 2.75) is 25.6 Å². The lowest BCUT2D eigenvalue weighted by molar-refractivity contribution is -0.128. The van der Waals surface area contributed by atoms with Gasteiger partial charge < -0.3 is 15.2 Å². The second-order valence-corrected chi connectivity index (χ2v) is 6.55. The maximum Gasteiger partial charge on any atom is 0.260 e. The van der Waals surface area contributed by atoms with Crippen molar-refractivity contribution in [3.05, 3.63) is 64.4 Å². The summed E-state index contributed by atoms with van der Waals surface area (Å²) in [5.41, 5.74) is -0.479. The normalized spacial score (nSPS) is 14.5. The number of halogens is 2. The van der Waals surface area contributed by atoms with Crippen LogP contribution in [-0.2, 0) is 10.4 Å². The Bertz CT molecular complexity index is 707. The number of benzene rings is 2. The molecule has 0 saturated carbocycles. The lowest BCUT2D eigenvalue weighted by Gasteiger charge is -2.25. The standard InChI is InChI=1S/C18H19BrFNO3/c1-12(24-16-9-8-14(20)10-15(16)19)17(22)21-11-18(2,23)13-6-4-3-5-7-13/h3-10,12,23H,11H2,1-2H3,(H,21,22)/t12-,18+/m1/s1. The van der Waals surface area contributed by atoms with Gasteiger partial charge in [-0.25, -0.2) is 4.39 Å². The molecule has 2 aromatic rings. The first-order valence-corrected chi connectivity index (χ1v) is 8.26. The van der Waals surface area contributed by atoms with Crippen LogP contribution in [0.3, 0.4) is 0 Å². The molecule has 24 heavy (non-hydrogen) atoms. The number of rotatable bonds is 6. The lowest BCUT2D eigenvalue weighted by atomic mass is 9.96. The summed E-state index contributed by atoms with van der Waals surface area (Å²) in [7, 11) is 0. The molecular weight excluding hydrogens is 377 g/mol. The fourth-order valence-electron chi connectivity index (χ4n) is 2.12. The van der Waals surface area contributed by atoms with Gasteiger partial charge in [0.15, 0.2) is 6.10 Å². The van der Waals surface area contributed by atoms with E-state index in [9.17, 15) is 14.3 Å². The number of amides is 1. The Morgan fingerprint density at radius 1 is 1.33 bits per heavy atom. The van der Waals surface area contributed by atoms with Crippen LogP contribution in [0.2, 0.25) is 0 Å². The highest BCUT2D eigenvalue weighted by molar-refractivity contribution is 9.10. The Labute approximate surface area is 148 Å². The molecule has 0 aliphatic carbocycles. The summed E-state index contributed by atoms with van der Waals surface area (Å²) < 4.78 is 19.0. The van der Waals surface area contributed by atoms with Crippen molar-refractivity contribution in [1.82, 2.24) is 5.32 Å². The van der Waals surface area contributed by atoms with Gasteiger partial charge in [-0.2, -0.15) is 0 Å². The fraction of sp³-hybridized carbons (Fsp3) is 0.278. The van der Waals surface area contributed by atoms with Crippen LogP contribution in [0.15, 0.2) is 53.0 Å². The molecule has 0 radical (unpaired) electrons.